The molecular formula is C17H24N2. The summed E-state index contributed by atoms with van der Waals surface area (Å²) in [6, 6.07) is 8.67. The zero-order valence-electron chi connectivity index (χ0n) is 11.9. The third-order valence-corrected chi connectivity index (χ3v) is 3.55. The number of allylic oxidation sites excluding steroid dienone is 1. The first-order chi connectivity index (χ1) is 9.22. The van der Waals surface area contributed by atoms with Gasteiger partial charge in [-0.3, -0.25) is 0 Å². The standard InChI is InChI=1S/C17H24N2/c1-14(2)10-12-19-13-15(7-5-6-11-18)16-8-3-4-9-17(16)19/h3-4,8-9,13H,1,5-7,10-12,18H2,2H3. The van der Waals surface area contributed by atoms with E-state index in [0.29, 0.717) is 0 Å². The number of benzene rings is 1. The van der Waals surface area contributed by atoms with Gasteiger partial charge in [0.05, 0.1) is 0 Å². The minimum Gasteiger partial charge on any atom is -0.347 e. The van der Waals surface area contributed by atoms with E-state index in [1.165, 1.54) is 28.5 Å². The Kier molecular flexibility index (Phi) is 4.80. The lowest BCUT2D eigenvalue weighted by molar-refractivity contribution is 0.707. The number of nitrogens with zero attached hydrogens (tertiary/aromatic N) is 1. The summed E-state index contributed by atoms with van der Waals surface area (Å²) >= 11 is 0. The summed E-state index contributed by atoms with van der Waals surface area (Å²) in [5.41, 5.74) is 9.60. The van der Waals surface area contributed by atoms with Crippen molar-refractivity contribution in [1.29, 1.82) is 0 Å². The van der Waals surface area contributed by atoms with E-state index in [1.807, 2.05) is 0 Å². The second-order valence-electron chi connectivity index (χ2n) is 5.32. The lowest BCUT2D eigenvalue weighted by Gasteiger charge is -2.04. The number of hydrogen-bond donors (Lipinski definition) is 1. The highest BCUT2D eigenvalue weighted by Crippen LogP contribution is 2.23. The van der Waals surface area contributed by atoms with E-state index in [1.54, 1.807) is 0 Å². The summed E-state index contributed by atoms with van der Waals surface area (Å²) in [5.74, 6) is 0. The molecule has 0 aliphatic rings. The molecule has 2 N–H and O–H groups in total. The van der Waals surface area contributed by atoms with Crippen molar-refractivity contribution in [2.75, 3.05) is 6.54 Å². The van der Waals surface area contributed by atoms with Crippen LogP contribution in [0.25, 0.3) is 10.9 Å². The fourth-order valence-electron chi connectivity index (χ4n) is 2.48. The van der Waals surface area contributed by atoms with Crippen LogP contribution in [0.5, 0.6) is 0 Å². The molecule has 0 fully saturated rings. The van der Waals surface area contributed by atoms with E-state index in [-0.39, 0.29) is 0 Å². The summed E-state index contributed by atoms with van der Waals surface area (Å²) in [6.45, 7) is 7.89. The largest absolute Gasteiger partial charge is 0.347 e. The molecule has 0 aliphatic carbocycles. The van der Waals surface area contributed by atoms with Crippen LogP contribution in [0.3, 0.4) is 0 Å². The zero-order chi connectivity index (χ0) is 13.7. The Bertz CT molecular complexity index is 551. The summed E-state index contributed by atoms with van der Waals surface area (Å²) in [5, 5.41) is 1.39. The number of para-hydroxylation sites is 1. The molecule has 1 heterocycles. The number of hydrogen-bond acceptors (Lipinski definition) is 1. The van der Waals surface area contributed by atoms with Gasteiger partial charge in [-0.25, -0.2) is 0 Å². The van der Waals surface area contributed by atoms with Crippen molar-refractivity contribution in [2.24, 2.45) is 5.73 Å². The predicted molar refractivity (Wildman–Crippen MR) is 83.4 cm³/mol. The fraction of sp³-hybridized carbons (Fsp3) is 0.412. The van der Waals surface area contributed by atoms with Crippen LogP contribution < -0.4 is 5.73 Å². The zero-order valence-corrected chi connectivity index (χ0v) is 11.9. The maximum atomic E-state index is 5.58. The fourth-order valence-corrected chi connectivity index (χ4v) is 2.48. The van der Waals surface area contributed by atoms with Gasteiger partial charge in [0.1, 0.15) is 0 Å². The molecule has 0 aliphatic heterocycles. The van der Waals surface area contributed by atoms with Crippen LogP contribution in [0.1, 0.15) is 31.7 Å². The average molecular weight is 256 g/mol. The Morgan fingerprint density at radius 3 is 2.79 bits per heavy atom. The molecule has 0 radical (unpaired) electrons. The van der Waals surface area contributed by atoms with Gasteiger partial charge in [0.15, 0.2) is 0 Å². The van der Waals surface area contributed by atoms with E-state index >= 15 is 0 Å². The molecule has 102 valence electrons. The monoisotopic (exact) mass is 256 g/mol. The molecular weight excluding hydrogens is 232 g/mol. The molecule has 2 rings (SSSR count). The predicted octanol–water partition coefficient (Wildman–Crippen LogP) is 3.89. The Hall–Kier alpha value is -1.54. The maximum Gasteiger partial charge on any atom is 0.0483 e. The van der Waals surface area contributed by atoms with Crippen LogP contribution in [0.15, 0.2) is 42.6 Å². The molecule has 2 nitrogen and oxygen atoms in total. The highest BCUT2D eigenvalue weighted by Gasteiger charge is 2.07. The van der Waals surface area contributed by atoms with Gasteiger partial charge in [0, 0.05) is 23.6 Å². The number of aromatic nitrogens is 1. The minimum atomic E-state index is 0.786. The molecule has 0 amide bonds. The van der Waals surface area contributed by atoms with Crippen LogP contribution in [0.4, 0.5) is 0 Å². The van der Waals surface area contributed by atoms with Gasteiger partial charge in [0.2, 0.25) is 0 Å². The van der Waals surface area contributed by atoms with Gasteiger partial charge < -0.3 is 10.3 Å². The molecule has 0 spiro atoms. The van der Waals surface area contributed by atoms with Crippen molar-refractivity contribution < 1.29 is 0 Å². The second kappa shape index (κ2) is 6.58. The summed E-state index contributed by atoms with van der Waals surface area (Å²) in [7, 11) is 0. The molecule has 0 unspecified atom stereocenters. The molecule has 2 heteroatoms. The van der Waals surface area contributed by atoms with Crippen molar-refractivity contribution in [3.05, 3.63) is 48.2 Å². The van der Waals surface area contributed by atoms with Crippen molar-refractivity contribution in [3.8, 4) is 0 Å². The average Bonchev–Trinajstić information content (AvgIpc) is 2.76. The molecule has 0 saturated carbocycles. The first-order valence-corrected chi connectivity index (χ1v) is 7.13. The van der Waals surface area contributed by atoms with Gasteiger partial charge in [-0.2, -0.15) is 0 Å². The SMILES string of the molecule is C=C(C)CCn1cc(CCCCN)c2ccccc21. The topological polar surface area (TPSA) is 30.9 Å². The van der Waals surface area contributed by atoms with E-state index in [2.05, 4.69) is 48.5 Å². The van der Waals surface area contributed by atoms with Gasteiger partial charge in [0.25, 0.3) is 0 Å². The molecule has 0 bridgehead atoms. The first-order valence-electron chi connectivity index (χ1n) is 7.13. The molecule has 2 aromatic rings. The van der Waals surface area contributed by atoms with Gasteiger partial charge in [-0.1, -0.05) is 23.8 Å². The third-order valence-electron chi connectivity index (χ3n) is 3.55. The second-order valence-corrected chi connectivity index (χ2v) is 5.32. The van der Waals surface area contributed by atoms with Crippen LogP contribution in [0, 0.1) is 0 Å². The molecule has 0 saturated heterocycles. The van der Waals surface area contributed by atoms with Crippen LogP contribution in [-0.2, 0) is 13.0 Å². The van der Waals surface area contributed by atoms with Crippen LogP contribution in [-0.4, -0.2) is 11.1 Å². The molecule has 1 aromatic heterocycles. The highest BCUT2D eigenvalue weighted by atomic mass is 15.0. The Labute approximate surface area is 115 Å². The maximum absolute atomic E-state index is 5.58. The van der Waals surface area contributed by atoms with E-state index in [4.69, 9.17) is 5.73 Å². The third kappa shape index (κ3) is 3.48. The van der Waals surface area contributed by atoms with Crippen LogP contribution in [0.2, 0.25) is 0 Å². The summed E-state index contributed by atoms with van der Waals surface area (Å²) in [6.07, 6.45) is 6.75. The van der Waals surface area contributed by atoms with Crippen molar-refractivity contribution in [1.82, 2.24) is 4.57 Å². The smallest absolute Gasteiger partial charge is 0.0483 e. The summed E-state index contributed by atoms with van der Waals surface area (Å²) < 4.78 is 2.36. The van der Waals surface area contributed by atoms with E-state index < -0.39 is 0 Å². The van der Waals surface area contributed by atoms with E-state index in [9.17, 15) is 0 Å². The number of fused-ring (bicyclic) bond motifs is 1. The van der Waals surface area contributed by atoms with Crippen molar-refractivity contribution >= 4 is 10.9 Å². The lowest BCUT2D eigenvalue weighted by atomic mass is 10.1. The van der Waals surface area contributed by atoms with Gasteiger partial charge in [-0.15, -0.1) is 6.58 Å². The number of nitrogens with two attached hydrogens (primary N) is 1. The Morgan fingerprint density at radius 1 is 1.26 bits per heavy atom. The molecule has 1 aromatic carbocycles. The van der Waals surface area contributed by atoms with Crippen molar-refractivity contribution in [3.63, 3.8) is 0 Å². The van der Waals surface area contributed by atoms with Gasteiger partial charge >= 0.3 is 0 Å². The van der Waals surface area contributed by atoms with Gasteiger partial charge in [-0.05, 0) is 50.8 Å². The normalized spacial score (nSPS) is 11.1. The minimum absolute atomic E-state index is 0.786. The Morgan fingerprint density at radius 2 is 2.05 bits per heavy atom. The summed E-state index contributed by atoms with van der Waals surface area (Å²) in [4.78, 5) is 0. The number of unbranched alkanes of at least 4 members (excludes halogenated alkanes) is 1. The first kappa shape index (κ1) is 13.9. The lowest BCUT2D eigenvalue weighted by Crippen LogP contribution is -1.99. The number of rotatable bonds is 7. The Balaban J connectivity index is 2.23. The van der Waals surface area contributed by atoms with Crippen molar-refractivity contribution in [2.45, 2.75) is 39.2 Å². The van der Waals surface area contributed by atoms with E-state index in [0.717, 1.165) is 32.4 Å². The number of aryl methyl sites for hydroxylation is 2. The quantitative estimate of drug-likeness (QED) is 0.591. The highest BCUT2D eigenvalue weighted by molar-refractivity contribution is 5.83. The molecule has 0 atom stereocenters. The van der Waals surface area contributed by atoms with Crippen LogP contribution >= 0.6 is 0 Å². The molecule has 19 heavy (non-hydrogen) atoms.